The van der Waals surface area contributed by atoms with Gasteiger partial charge in [0.15, 0.2) is 5.17 Å². The van der Waals surface area contributed by atoms with Gasteiger partial charge in [-0.05, 0) is 42.3 Å². The van der Waals surface area contributed by atoms with Gasteiger partial charge in [0.2, 0.25) is 5.91 Å². The van der Waals surface area contributed by atoms with Crippen LogP contribution in [0.2, 0.25) is 0 Å². The van der Waals surface area contributed by atoms with Gasteiger partial charge in [0, 0.05) is 29.8 Å². The number of hydrogen-bond acceptors (Lipinski definition) is 6. The number of carbonyl (C=O) groups is 2. The highest BCUT2D eigenvalue weighted by Gasteiger charge is 2.41. The SMILES string of the molecule is COc1ccccc1CNC(=O)CCC1C(=O)N=C2c3ccccc3N=C(SCc3cccc(F)c3)N21. The molecule has 2 amide bonds. The van der Waals surface area contributed by atoms with Crippen molar-refractivity contribution in [3.05, 3.63) is 95.3 Å². The number of para-hydroxylation sites is 2. The molecule has 0 saturated heterocycles. The Morgan fingerprint density at radius 2 is 1.89 bits per heavy atom. The number of nitrogens with zero attached hydrogens (tertiary/aromatic N) is 3. The zero-order chi connectivity index (χ0) is 25.8. The van der Waals surface area contributed by atoms with Crippen LogP contribution in [0.25, 0.3) is 0 Å². The number of aliphatic imine (C=N–C) groups is 2. The van der Waals surface area contributed by atoms with E-state index in [4.69, 9.17) is 9.73 Å². The van der Waals surface area contributed by atoms with Crippen molar-refractivity contribution in [1.82, 2.24) is 10.2 Å². The molecular weight excluding hydrogens is 491 g/mol. The van der Waals surface area contributed by atoms with Crippen LogP contribution in [-0.4, -0.2) is 40.9 Å². The molecule has 188 valence electrons. The van der Waals surface area contributed by atoms with E-state index in [1.54, 1.807) is 13.2 Å². The highest BCUT2D eigenvalue weighted by molar-refractivity contribution is 8.13. The van der Waals surface area contributed by atoms with Gasteiger partial charge in [0.25, 0.3) is 5.91 Å². The molecule has 7 nitrogen and oxygen atoms in total. The van der Waals surface area contributed by atoms with Crippen molar-refractivity contribution in [2.24, 2.45) is 9.98 Å². The molecule has 9 heteroatoms. The second kappa shape index (κ2) is 11.0. The van der Waals surface area contributed by atoms with Gasteiger partial charge < -0.3 is 10.1 Å². The summed E-state index contributed by atoms with van der Waals surface area (Å²) in [6, 6.07) is 20.8. The van der Waals surface area contributed by atoms with Crippen LogP contribution in [0.15, 0.2) is 82.8 Å². The molecule has 37 heavy (non-hydrogen) atoms. The molecule has 2 aliphatic heterocycles. The van der Waals surface area contributed by atoms with E-state index < -0.39 is 6.04 Å². The predicted molar refractivity (Wildman–Crippen MR) is 142 cm³/mol. The number of hydrogen-bond donors (Lipinski definition) is 1. The summed E-state index contributed by atoms with van der Waals surface area (Å²) in [6.07, 6.45) is 0.430. The van der Waals surface area contributed by atoms with Crippen LogP contribution in [0.1, 0.15) is 29.5 Å². The van der Waals surface area contributed by atoms with Crippen LogP contribution in [0.3, 0.4) is 0 Å². The molecule has 2 heterocycles. The van der Waals surface area contributed by atoms with E-state index in [1.165, 1.54) is 23.9 Å². The number of amides is 2. The van der Waals surface area contributed by atoms with E-state index in [0.717, 1.165) is 22.4 Å². The first kappa shape index (κ1) is 24.7. The van der Waals surface area contributed by atoms with Crippen molar-refractivity contribution in [2.75, 3.05) is 7.11 Å². The number of fused-ring (bicyclic) bond motifs is 3. The van der Waals surface area contributed by atoms with Crippen molar-refractivity contribution in [1.29, 1.82) is 0 Å². The highest BCUT2D eigenvalue weighted by atomic mass is 32.2. The first-order valence-corrected chi connectivity index (χ1v) is 12.9. The number of ether oxygens (including phenoxy) is 1. The molecule has 3 aromatic carbocycles. The van der Waals surface area contributed by atoms with Crippen molar-refractivity contribution >= 4 is 40.3 Å². The fraction of sp³-hybridized carbons (Fsp3) is 0.214. The maximum atomic E-state index is 13.7. The molecule has 0 radical (unpaired) electrons. The number of amidine groups is 2. The van der Waals surface area contributed by atoms with Gasteiger partial charge in [0.05, 0.1) is 12.8 Å². The quantitative estimate of drug-likeness (QED) is 0.464. The smallest absolute Gasteiger partial charge is 0.270 e. The van der Waals surface area contributed by atoms with Gasteiger partial charge in [-0.2, -0.15) is 4.99 Å². The zero-order valence-corrected chi connectivity index (χ0v) is 21.0. The molecule has 0 saturated carbocycles. The Kier molecular flexibility index (Phi) is 7.32. The van der Waals surface area contributed by atoms with Crippen molar-refractivity contribution in [3.8, 4) is 5.75 Å². The third-order valence-electron chi connectivity index (χ3n) is 6.18. The molecule has 5 rings (SSSR count). The molecule has 2 aliphatic rings. The Morgan fingerprint density at radius 1 is 1.08 bits per heavy atom. The minimum atomic E-state index is -0.640. The summed E-state index contributed by atoms with van der Waals surface area (Å²) >= 11 is 1.41. The highest BCUT2D eigenvalue weighted by Crippen LogP contribution is 2.36. The molecule has 0 spiro atoms. The lowest BCUT2D eigenvalue weighted by atomic mass is 10.1. The molecular formula is C28H25FN4O3S. The van der Waals surface area contributed by atoms with Gasteiger partial charge in [-0.25, -0.2) is 9.38 Å². The molecule has 1 N–H and O–H groups in total. The maximum Gasteiger partial charge on any atom is 0.270 e. The monoisotopic (exact) mass is 516 g/mol. The molecule has 0 aliphatic carbocycles. The Labute approximate surface area is 218 Å². The number of thioether (sulfide) groups is 1. The fourth-order valence-corrected chi connectivity index (χ4v) is 5.34. The Morgan fingerprint density at radius 3 is 2.73 bits per heavy atom. The standard InChI is InChI=1S/C28H25FN4O3S/c1-36-24-12-5-2-8-19(24)16-30-25(34)14-13-23-27(35)32-26-21-10-3-4-11-22(21)31-28(33(23)26)37-17-18-7-6-9-20(29)15-18/h2-12,15,23H,13-14,16-17H2,1H3,(H,30,34). The average Bonchev–Trinajstić information content (AvgIpc) is 3.25. The number of carbonyl (C=O) groups excluding carboxylic acids is 2. The summed E-state index contributed by atoms with van der Waals surface area (Å²) in [5, 5.41) is 3.51. The Hall–Kier alpha value is -3.98. The van der Waals surface area contributed by atoms with Crippen LogP contribution < -0.4 is 10.1 Å². The second-order valence-corrected chi connectivity index (χ2v) is 9.56. The van der Waals surface area contributed by atoms with E-state index >= 15 is 0 Å². The number of nitrogens with one attached hydrogen (secondary N) is 1. The third kappa shape index (κ3) is 5.41. The molecule has 0 bridgehead atoms. The van der Waals surface area contributed by atoms with E-state index in [1.807, 2.05) is 59.5 Å². The molecule has 3 aromatic rings. The summed E-state index contributed by atoms with van der Waals surface area (Å²) in [7, 11) is 1.59. The molecule has 1 atom stereocenters. The van der Waals surface area contributed by atoms with Crippen molar-refractivity contribution in [3.63, 3.8) is 0 Å². The van der Waals surface area contributed by atoms with Gasteiger partial charge in [-0.1, -0.05) is 54.2 Å². The number of benzene rings is 3. The van der Waals surface area contributed by atoms with Gasteiger partial charge in [0.1, 0.15) is 23.4 Å². The van der Waals surface area contributed by atoms with Crippen LogP contribution >= 0.6 is 11.8 Å². The minimum Gasteiger partial charge on any atom is -0.496 e. The third-order valence-corrected chi connectivity index (χ3v) is 7.20. The van der Waals surface area contributed by atoms with Crippen molar-refractivity contribution < 1.29 is 18.7 Å². The normalized spacial score (nSPS) is 16.0. The maximum absolute atomic E-state index is 13.7. The summed E-state index contributed by atoms with van der Waals surface area (Å²) in [6.45, 7) is 0.330. The summed E-state index contributed by atoms with van der Waals surface area (Å²) in [5.74, 6) is 0.943. The minimum absolute atomic E-state index is 0.147. The first-order chi connectivity index (χ1) is 18.0. The van der Waals surface area contributed by atoms with Gasteiger partial charge in [-0.3, -0.25) is 14.5 Å². The first-order valence-electron chi connectivity index (χ1n) is 11.9. The van der Waals surface area contributed by atoms with Crippen LogP contribution in [0, 0.1) is 5.82 Å². The number of halogens is 1. The summed E-state index contributed by atoms with van der Waals surface area (Å²) < 4.78 is 19.0. The number of methoxy groups -OCH3 is 1. The van der Waals surface area contributed by atoms with Gasteiger partial charge >= 0.3 is 0 Å². The fourth-order valence-electron chi connectivity index (χ4n) is 4.35. The van der Waals surface area contributed by atoms with Gasteiger partial charge in [-0.15, -0.1) is 0 Å². The van der Waals surface area contributed by atoms with Crippen LogP contribution in [0.4, 0.5) is 10.1 Å². The Bertz CT molecular complexity index is 1410. The Balaban J connectivity index is 1.30. The number of rotatable bonds is 8. The lowest BCUT2D eigenvalue weighted by Crippen LogP contribution is -2.44. The average molecular weight is 517 g/mol. The largest absolute Gasteiger partial charge is 0.496 e. The van der Waals surface area contributed by atoms with Crippen LogP contribution in [-0.2, 0) is 21.9 Å². The molecule has 1 unspecified atom stereocenters. The topological polar surface area (TPSA) is 83.4 Å². The van der Waals surface area contributed by atoms with Crippen LogP contribution in [0.5, 0.6) is 5.75 Å². The summed E-state index contributed by atoms with van der Waals surface area (Å²) in [5.41, 5.74) is 3.18. The molecule has 0 fully saturated rings. The predicted octanol–water partition coefficient (Wildman–Crippen LogP) is 4.82. The van der Waals surface area contributed by atoms with E-state index in [9.17, 15) is 14.0 Å². The zero-order valence-electron chi connectivity index (χ0n) is 20.2. The van der Waals surface area contributed by atoms with E-state index in [-0.39, 0.29) is 30.5 Å². The van der Waals surface area contributed by atoms with E-state index in [0.29, 0.717) is 29.1 Å². The molecule has 0 aromatic heterocycles. The lowest BCUT2D eigenvalue weighted by Gasteiger charge is -2.31. The summed E-state index contributed by atoms with van der Waals surface area (Å²) in [4.78, 5) is 36.6. The van der Waals surface area contributed by atoms with E-state index in [2.05, 4.69) is 10.3 Å². The second-order valence-electron chi connectivity index (χ2n) is 8.62. The lowest BCUT2D eigenvalue weighted by molar-refractivity contribution is -0.122. The van der Waals surface area contributed by atoms with Crippen molar-refractivity contribution in [2.45, 2.75) is 31.2 Å².